The van der Waals surface area contributed by atoms with Gasteiger partial charge in [0.25, 0.3) is 0 Å². The number of hydrogen-bond acceptors (Lipinski definition) is 9. The fraction of sp³-hybridized carbons (Fsp3) is 0.194. The molecule has 0 saturated heterocycles. The number of carbonyl (C=O) groups is 2. The highest BCUT2D eigenvalue weighted by Crippen LogP contribution is 2.32. The average Bonchev–Trinajstić information content (AvgIpc) is 3.70. The molecule has 0 aliphatic rings. The molecule has 4 aromatic carbocycles. The van der Waals surface area contributed by atoms with Crippen LogP contribution in [0.3, 0.4) is 0 Å². The third-order valence-corrected chi connectivity index (χ3v) is 10.3. The first-order chi connectivity index (χ1) is 23.6. The molecule has 2 N–H and O–H groups in total. The summed E-state index contributed by atoms with van der Waals surface area (Å²) in [5.74, 6) is 0.856. The second-order valence-electron chi connectivity index (χ2n) is 12.0. The number of para-hydroxylation sites is 1. The number of aromatic nitrogens is 4. The monoisotopic (exact) mass is 712 g/mol. The highest BCUT2D eigenvalue weighted by Gasteiger charge is 2.18. The van der Waals surface area contributed by atoms with Crippen molar-refractivity contribution < 1.29 is 18.7 Å². The summed E-state index contributed by atoms with van der Waals surface area (Å²) in [5, 5.41) is 15.1. The van der Waals surface area contributed by atoms with E-state index in [1.54, 1.807) is 6.07 Å². The highest BCUT2D eigenvalue weighted by atomic mass is 32.2. The van der Waals surface area contributed by atoms with Gasteiger partial charge in [0.15, 0.2) is 15.3 Å². The molecule has 0 aliphatic heterocycles. The maximum Gasteiger partial charge on any atom is 0.234 e. The number of hydrogen-bond donors (Lipinski definition) is 2. The Balaban J connectivity index is 1.06. The van der Waals surface area contributed by atoms with Gasteiger partial charge in [0.2, 0.25) is 11.8 Å². The fourth-order valence-electron chi connectivity index (χ4n) is 4.75. The van der Waals surface area contributed by atoms with Gasteiger partial charge in [-0.1, -0.05) is 74.6 Å². The number of thioether (sulfide) groups is 2. The van der Waals surface area contributed by atoms with E-state index >= 15 is 0 Å². The molecule has 0 unspecified atom stereocenters. The van der Waals surface area contributed by atoms with Crippen LogP contribution in [0.15, 0.2) is 107 Å². The Bertz CT molecular complexity index is 2060. The first-order valence-corrected chi connectivity index (χ1v) is 18.1. The first-order valence-electron chi connectivity index (χ1n) is 15.4. The molecule has 0 saturated carbocycles. The van der Waals surface area contributed by atoms with E-state index in [0.29, 0.717) is 22.4 Å². The van der Waals surface area contributed by atoms with Crippen LogP contribution in [0.1, 0.15) is 32.2 Å². The van der Waals surface area contributed by atoms with E-state index in [1.165, 1.54) is 64.7 Å². The van der Waals surface area contributed by atoms with E-state index in [-0.39, 0.29) is 41.2 Å². The van der Waals surface area contributed by atoms with Crippen LogP contribution in [0.25, 0.3) is 15.9 Å². The molecule has 2 aromatic heterocycles. The van der Waals surface area contributed by atoms with Gasteiger partial charge in [-0.25, -0.2) is 9.37 Å². The van der Waals surface area contributed by atoms with Crippen LogP contribution in [0.5, 0.6) is 5.75 Å². The molecule has 49 heavy (non-hydrogen) atoms. The van der Waals surface area contributed by atoms with E-state index in [4.69, 9.17) is 4.74 Å². The number of anilines is 2. The fourth-order valence-corrected chi connectivity index (χ4v) is 7.43. The van der Waals surface area contributed by atoms with Crippen molar-refractivity contribution in [3.8, 4) is 11.4 Å². The Morgan fingerprint density at radius 1 is 0.837 bits per heavy atom. The van der Waals surface area contributed by atoms with Gasteiger partial charge in [-0.05, 0) is 77.7 Å². The lowest BCUT2D eigenvalue weighted by atomic mass is 9.87. The second kappa shape index (κ2) is 15.2. The van der Waals surface area contributed by atoms with Gasteiger partial charge in [-0.15, -0.1) is 21.5 Å². The number of fused-ring (bicyclic) bond motifs is 1. The van der Waals surface area contributed by atoms with E-state index in [9.17, 15) is 14.0 Å². The molecule has 6 rings (SSSR count). The zero-order valence-corrected chi connectivity index (χ0v) is 29.4. The molecule has 9 nitrogen and oxygen atoms in total. The summed E-state index contributed by atoms with van der Waals surface area (Å²) in [5.41, 5.74) is 4.09. The Hall–Kier alpha value is -4.72. The van der Waals surface area contributed by atoms with E-state index in [2.05, 4.69) is 58.7 Å². The van der Waals surface area contributed by atoms with E-state index < -0.39 is 0 Å². The topological polar surface area (TPSA) is 111 Å². The number of nitrogens with zero attached hydrogens (tertiary/aromatic N) is 4. The lowest BCUT2D eigenvalue weighted by Crippen LogP contribution is -2.14. The summed E-state index contributed by atoms with van der Waals surface area (Å²) in [6, 6.07) is 28.9. The Kier molecular flexibility index (Phi) is 10.6. The van der Waals surface area contributed by atoms with Gasteiger partial charge in [0, 0.05) is 17.1 Å². The lowest BCUT2D eigenvalue weighted by molar-refractivity contribution is -0.114. The summed E-state index contributed by atoms with van der Waals surface area (Å²) in [4.78, 5) is 30.0. The van der Waals surface area contributed by atoms with Crippen LogP contribution in [0.4, 0.5) is 15.8 Å². The van der Waals surface area contributed by atoms with E-state index in [1.807, 2.05) is 59.2 Å². The predicted molar refractivity (Wildman–Crippen MR) is 196 cm³/mol. The van der Waals surface area contributed by atoms with Gasteiger partial charge in [-0.2, -0.15) is 0 Å². The quantitative estimate of drug-likeness (QED) is 0.122. The van der Waals surface area contributed by atoms with Gasteiger partial charge >= 0.3 is 0 Å². The number of halogens is 1. The second-order valence-corrected chi connectivity index (χ2v) is 15.2. The zero-order chi connectivity index (χ0) is 34.4. The highest BCUT2D eigenvalue weighted by molar-refractivity contribution is 8.01. The van der Waals surface area contributed by atoms with Crippen LogP contribution < -0.4 is 15.4 Å². The van der Waals surface area contributed by atoms with Crippen molar-refractivity contribution in [2.45, 2.75) is 42.3 Å². The number of nitrogens with one attached hydrogen (secondary N) is 2. The summed E-state index contributed by atoms with van der Waals surface area (Å²) in [6.07, 6.45) is 0. The molecule has 0 atom stereocenters. The minimum atomic E-state index is -0.363. The standard InChI is InChI=1S/C36H33FN6O3S3/c1-36(2,3)23-9-16-28(17-10-23)46-20-31-41-42-34(43(31)27-7-5-4-6-8-27)47-21-32(44)39-26-15-18-29-30(19-26)49-35(40-29)48-22-33(45)38-25-13-11-24(37)12-14-25/h4-19H,20-22H2,1-3H3,(H,38,45)(H,39,44). The molecule has 2 amide bonds. The minimum Gasteiger partial charge on any atom is -0.486 e. The van der Waals surface area contributed by atoms with Crippen molar-refractivity contribution >= 4 is 68.3 Å². The minimum absolute atomic E-state index is 0.0520. The van der Waals surface area contributed by atoms with Crippen molar-refractivity contribution in [1.82, 2.24) is 19.7 Å². The smallest absolute Gasteiger partial charge is 0.234 e. The molecule has 0 spiro atoms. The number of ether oxygens (including phenoxy) is 1. The maximum absolute atomic E-state index is 13.1. The van der Waals surface area contributed by atoms with Gasteiger partial charge < -0.3 is 15.4 Å². The van der Waals surface area contributed by atoms with Crippen molar-refractivity contribution in [2.24, 2.45) is 0 Å². The van der Waals surface area contributed by atoms with Crippen molar-refractivity contribution in [3.63, 3.8) is 0 Å². The third kappa shape index (κ3) is 9.05. The Labute approximate surface area is 295 Å². The number of benzene rings is 4. The van der Waals surface area contributed by atoms with Crippen LogP contribution in [-0.2, 0) is 21.6 Å². The molecular formula is C36H33FN6O3S3. The molecule has 0 fully saturated rings. The van der Waals surface area contributed by atoms with Crippen LogP contribution in [0, 0.1) is 5.82 Å². The maximum atomic E-state index is 13.1. The molecule has 6 aromatic rings. The van der Waals surface area contributed by atoms with Gasteiger partial charge in [-0.3, -0.25) is 14.2 Å². The average molecular weight is 713 g/mol. The van der Waals surface area contributed by atoms with Crippen LogP contribution in [0.2, 0.25) is 0 Å². The Morgan fingerprint density at radius 2 is 1.51 bits per heavy atom. The van der Waals surface area contributed by atoms with Crippen LogP contribution in [-0.4, -0.2) is 43.1 Å². The number of amides is 2. The molecule has 0 aliphatic carbocycles. The molecule has 0 radical (unpaired) electrons. The summed E-state index contributed by atoms with van der Waals surface area (Å²) < 4.78 is 22.7. The van der Waals surface area contributed by atoms with Crippen molar-refractivity contribution in [2.75, 3.05) is 22.1 Å². The molecule has 2 heterocycles. The largest absolute Gasteiger partial charge is 0.486 e. The van der Waals surface area contributed by atoms with Crippen LogP contribution >= 0.6 is 34.9 Å². The Morgan fingerprint density at radius 3 is 2.22 bits per heavy atom. The number of thiazole rings is 1. The van der Waals surface area contributed by atoms with Gasteiger partial charge in [0.05, 0.1) is 21.7 Å². The summed E-state index contributed by atoms with van der Waals surface area (Å²) >= 11 is 4.04. The van der Waals surface area contributed by atoms with Crippen molar-refractivity contribution in [1.29, 1.82) is 0 Å². The molecule has 13 heteroatoms. The van der Waals surface area contributed by atoms with Crippen molar-refractivity contribution in [3.05, 3.63) is 114 Å². The summed E-state index contributed by atoms with van der Waals surface area (Å²) in [6.45, 7) is 6.72. The predicted octanol–water partition coefficient (Wildman–Crippen LogP) is 8.35. The molecule has 0 bridgehead atoms. The lowest BCUT2D eigenvalue weighted by Gasteiger charge is -2.19. The van der Waals surface area contributed by atoms with E-state index in [0.717, 1.165) is 26.0 Å². The van der Waals surface area contributed by atoms with Gasteiger partial charge in [0.1, 0.15) is 18.2 Å². The SMILES string of the molecule is CC(C)(C)c1ccc(OCc2nnc(SCC(=O)Nc3ccc4nc(SCC(=O)Nc5ccc(F)cc5)sc4c3)n2-c2ccccc2)cc1. The zero-order valence-electron chi connectivity index (χ0n) is 27.0. The number of carbonyl (C=O) groups excluding carboxylic acids is 2. The normalized spacial score (nSPS) is 11.4. The third-order valence-electron chi connectivity index (χ3n) is 7.24. The first kappa shape index (κ1) is 34.2. The molecular weight excluding hydrogens is 680 g/mol. The molecule has 250 valence electrons. The number of rotatable bonds is 12. The summed E-state index contributed by atoms with van der Waals surface area (Å²) in [7, 11) is 0.